The van der Waals surface area contributed by atoms with Crippen molar-refractivity contribution in [1.82, 2.24) is 5.32 Å². The van der Waals surface area contributed by atoms with Gasteiger partial charge in [-0.25, -0.2) is 4.39 Å². The van der Waals surface area contributed by atoms with E-state index in [-0.39, 0.29) is 30.2 Å². The molecule has 0 aliphatic heterocycles. The molecule has 0 heterocycles. The fraction of sp³-hybridized carbons (Fsp3) is 0.167. The third-order valence-corrected chi connectivity index (χ3v) is 4.70. The average molecular weight is 421 g/mol. The molecule has 1 unspecified atom stereocenters. The molecule has 3 rings (SSSR count). The van der Waals surface area contributed by atoms with Crippen LogP contribution in [0.15, 0.2) is 72.8 Å². The molecular weight excluding hydrogens is 397 g/mol. The first-order chi connectivity index (χ1) is 14.9. The molecule has 3 aromatic carbocycles. The molecule has 3 N–H and O–H groups in total. The number of hydrogen-bond donors (Lipinski definition) is 3. The molecule has 0 saturated heterocycles. The Kier molecular flexibility index (Phi) is 7.22. The predicted octanol–water partition coefficient (Wildman–Crippen LogP) is 4.38. The molecule has 1 atom stereocenters. The van der Waals surface area contributed by atoms with Crippen LogP contribution >= 0.6 is 0 Å². The minimum absolute atomic E-state index is 0.0723. The van der Waals surface area contributed by atoms with Crippen LogP contribution in [0.4, 0.5) is 15.8 Å². The van der Waals surface area contributed by atoms with Crippen LogP contribution < -0.4 is 20.7 Å². The normalized spacial score (nSPS) is 11.3. The first-order valence-electron chi connectivity index (χ1n) is 9.79. The summed E-state index contributed by atoms with van der Waals surface area (Å²) >= 11 is 0. The fourth-order valence-corrected chi connectivity index (χ4v) is 2.93. The second-order valence-electron chi connectivity index (χ2n) is 6.95. The largest absolute Gasteiger partial charge is 0.497 e. The number of rotatable bonds is 8. The van der Waals surface area contributed by atoms with Crippen LogP contribution in [0.3, 0.4) is 0 Å². The maximum absolute atomic E-state index is 13.0. The van der Waals surface area contributed by atoms with Gasteiger partial charge in [0.1, 0.15) is 11.6 Å². The topological polar surface area (TPSA) is 79.5 Å². The molecule has 3 aromatic rings. The number of hydrogen-bond acceptors (Lipinski definition) is 4. The number of benzene rings is 3. The Morgan fingerprint density at radius 1 is 0.903 bits per heavy atom. The molecule has 0 saturated carbocycles. The van der Waals surface area contributed by atoms with Crippen molar-refractivity contribution in [3.8, 4) is 5.75 Å². The van der Waals surface area contributed by atoms with E-state index in [1.807, 2.05) is 6.92 Å². The molecule has 7 heteroatoms. The first-order valence-corrected chi connectivity index (χ1v) is 9.79. The summed E-state index contributed by atoms with van der Waals surface area (Å²) in [4.78, 5) is 24.5. The van der Waals surface area contributed by atoms with Gasteiger partial charge in [0.05, 0.1) is 19.7 Å². The molecule has 0 radical (unpaired) electrons. The van der Waals surface area contributed by atoms with Crippen LogP contribution in [0, 0.1) is 5.82 Å². The van der Waals surface area contributed by atoms with Gasteiger partial charge in [-0.15, -0.1) is 0 Å². The molecular formula is C24H24FN3O3. The zero-order valence-corrected chi connectivity index (χ0v) is 17.3. The molecule has 2 amide bonds. The SMILES string of the molecule is COc1ccc(NC(=O)c2ccc(NCC(=O)NC(C)c3ccc(F)cc3)cc2)cc1. The average Bonchev–Trinajstić information content (AvgIpc) is 2.79. The number of nitrogens with one attached hydrogen (secondary N) is 3. The van der Waals surface area contributed by atoms with Crippen molar-refractivity contribution in [3.05, 3.63) is 89.7 Å². The van der Waals surface area contributed by atoms with Crippen molar-refractivity contribution >= 4 is 23.2 Å². The van der Waals surface area contributed by atoms with Gasteiger partial charge in [0.2, 0.25) is 5.91 Å². The molecule has 31 heavy (non-hydrogen) atoms. The summed E-state index contributed by atoms with van der Waals surface area (Å²) in [5, 5.41) is 8.69. The van der Waals surface area contributed by atoms with Crippen LogP contribution in [0.1, 0.15) is 28.9 Å². The van der Waals surface area contributed by atoms with Crippen LogP contribution in [-0.2, 0) is 4.79 Å². The molecule has 0 aliphatic carbocycles. The summed E-state index contributed by atoms with van der Waals surface area (Å²) in [5.41, 5.74) is 2.70. The van der Waals surface area contributed by atoms with Crippen LogP contribution in [-0.4, -0.2) is 25.5 Å². The Balaban J connectivity index is 1.48. The summed E-state index contributed by atoms with van der Waals surface area (Å²) < 4.78 is 18.1. The lowest BCUT2D eigenvalue weighted by Gasteiger charge is -2.15. The van der Waals surface area contributed by atoms with E-state index in [1.54, 1.807) is 67.8 Å². The third-order valence-electron chi connectivity index (χ3n) is 4.70. The molecule has 0 aromatic heterocycles. The van der Waals surface area contributed by atoms with Gasteiger partial charge >= 0.3 is 0 Å². The Hall–Kier alpha value is -3.87. The minimum atomic E-state index is -0.315. The second-order valence-corrected chi connectivity index (χ2v) is 6.95. The highest BCUT2D eigenvalue weighted by atomic mass is 19.1. The van der Waals surface area contributed by atoms with Crippen molar-refractivity contribution in [1.29, 1.82) is 0 Å². The van der Waals surface area contributed by atoms with E-state index < -0.39 is 0 Å². The van der Waals surface area contributed by atoms with E-state index in [1.165, 1.54) is 12.1 Å². The van der Waals surface area contributed by atoms with Crippen LogP contribution in [0.2, 0.25) is 0 Å². The summed E-state index contributed by atoms with van der Waals surface area (Å²) in [6, 6.07) is 19.7. The Bertz CT molecular complexity index is 1020. The third kappa shape index (κ3) is 6.30. The molecule has 160 valence electrons. The smallest absolute Gasteiger partial charge is 0.255 e. The van der Waals surface area contributed by atoms with Gasteiger partial charge in [-0.3, -0.25) is 9.59 Å². The minimum Gasteiger partial charge on any atom is -0.497 e. The van der Waals surface area contributed by atoms with Crippen LogP contribution in [0.25, 0.3) is 0 Å². The second kappa shape index (κ2) is 10.2. The van der Waals surface area contributed by atoms with Crippen molar-refractivity contribution < 1.29 is 18.7 Å². The first kappa shape index (κ1) is 21.8. The number of halogens is 1. The maximum atomic E-state index is 13.0. The summed E-state index contributed by atoms with van der Waals surface area (Å²) in [6.07, 6.45) is 0. The molecule has 0 fully saturated rings. The highest BCUT2D eigenvalue weighted by Crippen LogP contribution is 2.17. The van der Waals surface area contributed by atoms with Gasteiger partial charge in [0.25, 0.3) is 5.91 Å². The van der Waals surface area contributed by atoms with Gasteiger partial charge < -0.3 is 20.7 Å². The van der Waals surface area contributed by atoms with Crippen molar-refractivity contribution in [2.45, 2.75) is 13.0 Å². The summed E-state index contributed by atoms with van der Waals surface area (Å²) in [7, 11) is 1.58. The number of methoxy groups -OCH3 is 1. The van der Waals surface area contributed by atoms with Crippen molar-refractivity contribution in [2.75, 3.05) is 24.3 Å². The van der Waals surface area contributed by atoms with Gasteiger partial charge in [0, 0.05) is 16.9 Å². The molecule has 6 nitrogen and oxygen atoms in total. The molecule has 0 spiro atoms. The van der Waals surface area contributed by atoms with E-state index in [4.69, 9.17) is 4.74 Å². The lowest BCUT2D eigenvalue weighted by molar-refractivity contribution is -0.120. The van der Waals surface area contributed by atoms with Crippen LogP contribution in [0.5, 0.6) is 5.75 Å². The van der Waals surface area contributed by atoms with E-state index >= 15 is 0 Å². The lowest BCUT2D eigenvalue weighted by Crippen LogP contribution is -2.32. The maximum Gasteiger partial charge on any atom is 0.255 e. The highest BCUT2D eigenvalue weighted by molar-refractivity contribution is 6.04. The number of anilines is 2. The zero-order chi connectivity index (χ0) is 22.2. The van der Waals surface area contributed by atoms with Gasteiger partial charge in [-0.05, 0) is 73.2 Å². The van der Waals surface area contributed by atoms with E-state index in [2.05, 4.69) is 16.0 Å². The number of ether oxygens (including phenoxy) is 1. The Morgan fingerprint density at radius 3 is 2.13 bits per heavy atom. The Morgan fingerprint density at radius 2 is 1.52 bits per heavy atom. The fourth-order valence-electron chi connectivity index (χ4n) is 2.93. The van der Waals surface area contributed by atoms with Crippen molar-refractivity contribution in [2.24, 2.45) is 0 Å². The number of amides is 2. The van der Waals surface area contributed by atoms with Gasteiger partial charge in [-0.2, -0.15) is 0 Å². The van der Waals surface area contributed by atoms with Gasteiger partial charge in [-0.1, -0.05) is 12.1 Å². The van der Waals surface area contributed by atoms with E-state index in [9.17, 15) is 14.0 Å². The zero-order valence-electron chi connectivity index (χ0n) is 17.3. The summed E-state index contributed by atoms with van der Waals surface area (Å²) in [6.45, 7) is 1.91. The molecule has 0 aliphatic rings. The quantitative estimate of drug-likeness (QED) is 0.504. The standard InChI is InChI=1S/C24H24FN3O3/c1-16(17-3-7-19(25)8-4-17)27-23(29)15-26-20-9-5-18(6-10-20)24(30)28-21-11-13-22(31-2)14-12-21/h3-14,16,26H,15H2,1-2H3,(H,27,29)(H,28,30). The number of carbonyl (C=O) groups excluding carboxylic acids is 2. The Labute approximate surface area is 180 Å². The molecule has 0 bridgehead atoms. The number of carbonyl (C=O) groups is 2. The van der Waals surface area contributed by atoms with E-state index in [0.29, 0.717) is 22.7 Å². The van der Waals surface area contributed by atoms with E-state index in [0.717, 1.165) is 5.56 Å². The summed E-state index contributed by atoms with van der Waals surface area (Å²) in [5.74, 6) is -0.0321. The van der Waals surface area contributed by atoms with Gasteiger partial charge in [0.15, 0.2) is 0 Å². The lowest BCUT2D eigenvalue weighted by atomic mass is 10.1. The predicted molar refractivity (Wildman–Crippen MR) is 119 cm³/mol. The monoisotopic (exact) mass is 421 g/mol. The van der Waals surface area contributed by atoms with Crippen molar-refractivity contribution in [3.63, 3.8) is 0 Å². The highest BCUT2D eigenvalue weighted by Gasteiger charge is 2.10.